The molecule has 1 rings (SSSR count). The smallest absolute Gasteiger partial charge is 0.224 e. The summed E-state index contributed by atoms with van der Waals surface area (Å²) in [6.07, 6.45) is 3.88. The van der Waals surface area contributed by atoms with Gasteiger partial charge in [-0.15, -0.1) is 0 Å². The molecule has 1 N–H and O–H groups in total. The second-order valence-corrected chi connectivity index (χ2v) is 3.11. The molecule has 0 aliphatic carbocycles. The Hall–Kier alpha value is -1.16. The van der Waals surface area contributed by atoms with Gasteiger partial charge in [-0.2, -0.15) is 0 Å². The maximum absolute atomic E-state index is 9.08. The Morgan fingerprint density at radius 3 is 2.62 bits per heavy atom. The van der Waals surface area contributed by atoms with Crippen LogP contribution in [-0.2, 0) is 0 Å². The van der Waals surface area contributed by atoms with Gasteiger partial charge in [0.15, 0.2) is 0 Å². The van der Waals surface area contributed by atoms with Crippen molar-refractivity contribution in [2.45, 2.75) is 19.4 Å². The van der Waals surface area contributed by atoms with E-state index in [1.54, 1.807) is 25.4 Å². The highest BCUT2D eigenvalue weighted by Gasteiger charge is 2.03. The summed E-state index contributed by atoms with van der Waals surface area (Å²) in [7, 11) is 1.91. The number of hydrogen-bond acceptors (Lipinski definition) is 4. The van der Waals surface area contributed by atoms with E-state index in [1.807, 2.05) is 11.9 Å². The third-order valence-electron chi connectivity index (χ3n) is 1.78. The first-order chi connectivity index (χ1) is 6.20. The molecule has 0 radical (unpaired) electrons. The average molecular weight is 181 g/mol. The number of aliphatic hydroxyl groups is 1. The minimum absolute atomic E-state index is 0.272. The van der Waals surface area contributed by atoms with E-state index in [-0.39, 0.29) is 6.10 Å². The Kier molecular flexibility index (Phi) is 3.64. The minimum atomic E-state index is -0.272. The second kappa shape index (κ2) is 4.77. The number of aromatic nitrogens is 2. The fraction of sp³-hybridized carbons (Fsp3) is 0.556. The van der Waals surface area contributed by atoms with Crippen molar-refractivity contribution in [3.8, 4) is 0 Å². The Bertz CT molecular complexity index is 238. The molecular weight excluding hydrogens is 166 g/mol. The van der Waals surface area contributed by atoms with Crippen LogP contribution >= 0.6 is 0 Å². The van der Waals surface area contributed by atoms with Gasteiger partial charge in [0.2, 0.25) is 5.95 Å². The summed E-state index contributed by atoms with van der Waals surface area (Å²) in [4.78, 5) is 10.1. The van der Waals surface area contributed by atoms with E-state index in [0.717, 1.165) is 13.0 Å². The molecule has 1 atom stereocenters. The molecule has 1 aromatic rings. The predicted molar refractivity (Wildman–Crippen MR) is 51.6 cm³/mol. The van der Waals surface area contributed by atoms with Gasteiger partial charge in [0, 0.05) is 26.0 Å². The van der Waals surface area contributed by atoms with Gasteiger partial charge in [-0.25, -0.2) is 9.97 Å². The van der Waals surface area contributed by atoms with E-state index in [1.165, 1.54) is 0 Å². The summed E-state index contributed by atoms with van der Waals surface area (Å²) in [5.41, 5.74) is 0. The molecule has 0 fully saturated rings. The van der Waals surface area contributed by atoms with Gasteiger partial charge in [0.1, 0.15) is 0 Å². The molecule has 4 nitrogen and oxygen atoms in total. The van der Waals surface area contributed by atoms with Crippen molar-refractivity contribution in [2.75, 3.05) is 18.5 Å². The molecule has 0 bridgehead atoms. The maximum atomic E-state index is 9.08. The van der Waals surface area contributed by atoms with Gasteiger partial charge in [-0.3, -0.25) is 0 Å². The Balaban J connectivity index is 2.44. The van der Waals surface area contributed by atoms with Crippen LogP contribution in [0.5, 0.6) is 0 Å². The van der Waals surface area contributed by atoms with Crippen LogP contribution in [-0.4, -0.2) is 34.8 Å². The summed E-state index contributed by atoms with van der Waals surface area (Å²) in [6.45, 7) is 2.54. The Morgan fingerprint density at radius 1 is 1.46 bits per heavy atom. The van der Waals surface area contributed by atoms with Crippen LogP contribution in [0.2, 0.25) is 0 Å². The number of rotatable bonds is 4. The highest BCUT2D eigenvalue weighted by Crippen LogP contribution is 2.03. The lowest BCUT2D eigenvalue weighted by atomic mass is 10.3. The van der Waals surface area contributed by atoms with Crippen molar-refractivity contribution < 1.29 is 5.11 Å². The quantitative estimate of drug-likeness (QED) is 0.742. The molecule has 0 saturated heterocycles. The SMILES string of the molecule is CC(O)CCN(C)c1ncccn1. The molecule has 0 saturated carbocycles. The van der Waals surface area contributed by atoms with Gasteiger partial charge in [0.05, 0.1) is 6.10 Å². The standard InChI is InChI=1S/C9H15N3O/c1-8(13)4-7-12(2)9-10-5-3-6-11-9/h3,5-6,8,13H,4,7H2,1-2H3. The summed E-state index contributed by atoms with van der Waals surface area (Å²) in [6, 6.07) is 1.78. The monoisotopic (exact) mass is 181 g/mol. The lowest BCUT2D eigenvalue weighted by Crippen LogP contribution is -2.23. The highest BCUT2D eigenvalue weighted by molar-refractivity contribution is 5.25. The van der Waals surface area contributed by atoms with Crippen LogP contribution in [0.25, 0.3) is 0 Å². The van der Waals surface area contributed by atoms with E-state index in [9.17, 15) is 0 Å². The molecule has 0 spiro atoms. The molecule has 1 heterocycles. The minimum Gasteiger partial charge on any atom is -0.393 e. The number of anilines is 1. The molecule has 72 valence electrons. The van der Waals surface area contributed by atoms with Crippen molar-refractivity contribution in [1.82, 2.24) is 9.97 Å². The Morgan fingerprint density at radius 2 is 2.08 bits per heavy atom. The summed E-state index contributed by atoms with van der Waals surface area (Å²) >= 11 is 0. The highest BCUT2D eigenvalue weighted by atomic mass is 16.3. The van der Waals surface area contributed by atoms with Crippen LogP contribution < -0.4 is 4.90 Å². The summed E-state index contributed by atoms with van der Waals surface area (Å²) in [5.74, 6) is 0.697. The van der Waals surface area contributed by atoms with Gasteiger partial charge in [-0.1, -0.05) is 0 Å². The molecule has 0 aliphatic rings. The summed E-state index contributed by atoms with van der Waals surface area (Å²) in [5, 5.41) is 9.08. The third-order valence-corrected chi connectivity index (χ3v) is 1.78. The van der Waals surface area contributed by atoms with Gasteiger partial charge in [-0.05, 0) is 19.4 Å². The number of nitrogens with zero attached hydrogens (tertiary/aromatic N) is 3. The van der Waals surface area contributed by atoms with E-state index in [0.29, 0.717) is 5.95 Å². The van der Waals surface area contributed by atoms with Gasteiger partial charge >= 0.3 is 0 Å². The molecule has 4 heteroatoms. The zero-order valence-corrected chi connectivity index (χ0v) is 8.01. The normalized spacial score (nSPS) is 12.5. The molecule has 1 aromatic heterocycles. The molecular formula is C9H15N3O. The van der Waals surface area contributed by atoms with Crippen LogP contribution in [0.1, 0.15) is 13.3 Å². The lowest BCUT2D eigenvalue weighted by Gasteiger charge is -2.16. The summed E-state index contributed by atoms with van der Waals surface area (Å²) < 4.78 is 0. The van der Waals surface area contributed by atoms with Crippen LogP contribution in [0.3, 0.4) is 0 Å². The van der Waals surface area contributed by atoms with E-state index < -0.39 is 0 Å². The Labute approximate surface area is 78.2 Å². The molecule has 0 amide bonds. The van der Waals surface area contributed by atoms with Crippen LogP contribution in [0.15, 0.2) is 18.5 Å². The fourth-order valence-electron chi connectivity index (χ4n) is 0.969. The lowest BCUT2D eigenvalue weighted by molar-refractivity contribution is 0.186. The topological polar surface area (TPSA) is 49.2 Å². The zero-order valence-electron chi connectivity index (χ0n) is 8.01. The van der Waals surface area contributed by atoms with Crippen molar-refractivity contribution in [3.63, 3.8) is 0 Å². The zero-order chi connectivity index (χ0) is 9.68. The second-order valence-electron chi connectivity index (χ2n) is 3.11. The van der Waals surface area contributed by atoms with Gasteiger partial charge < -0.3 is 10.0 Å². The van der Waals surface area contributed by atoms with Crippen molar-refractivity contribution in [1.29, 1.82) is 0 Å². The molecule has 0 aromatic carbocycles. The largest absolute Gasteiger partial charge is 0.393 e. The first kappa shape index (κ1) is 9.92. The first-order valence-electron chi connectivity index (χ1n) is 4.36. The molecule has 13 heavy (non-hydrogen) atoms. The first-order valence-corrected chi connectivity index (χ1v) is 4.36. The molecule has 1 unspecified atom stereocenters. The fourth-order valence-corrected chi connectivity index (χ4v) is 0.969. The predicted octanol–water partition coefficient (Wildman–Crippen LogP) is 0.684. The molecule has 0 aliphatic heterocycles. The van der Waals surface area contributed by atoms with Crippen LogP contribution in [0.4, 0.5) is 5.95 Å². The van der Waals surface area contributed by atoms with E-state index in [4.69, 9.17) is 5.11 Å². The van der Waals surface area contributed by atoms with Crippen molar-refractivity contribution in [3.05, 3.63) is 18.5 Å². The third kappa shape index (κ3) is 3.38. The van der Waals surface area contributed by atoms with Crippen LogP contribution in [0, 0.1) is 0 Å². The van der Waals surface area contributed by atoms with Crippen molar-refractivity contribution in [2.24, 2.45) is 0 Å². The van der Waals surface area contributed by atoms with E-state index in [2.05, 4.69) is 9.97 Å². The number of hydrogen-bond donors (Lipinski definition) is 1. The maximum Gasteiger partial charge on any atom is 0.224 e. The van der Waals surface area contributed by atoms with Crippen molar-refractivity contribution >= 4 is 5.95 Å². The average Bonchev–Trinajstić information content (AvgIpc) is 2.15. The van der Waals surface area contributed by atoms with E-state index >= 15 is 0 Å². The number of aliphatic hydroxyl groups excluding tert-OH is 1. The van der Waals surface area contributed by atoms with Gasteiger partial charge in [0.25, 0.3) is 0 Å².